The summed E-state index contributed by atoms with van der Waals surface area (Å²) in [6.45, 7) is 0.678. The number of fused-ring (bicyclic) bond motifs is 4. The van der Waals surface area contributed by atoms with Crippen LogP contribution in [0, 0.1) is 17.1 Å². The number of carbonyl (C=O) groups is 1. The number of carbonyl (C=O) groups excluding carboxylic acids is 1. The van der Waals surface area contributed by atoms with Crippen molar-refractivity contribution < 1.29 is 13.9 Å². The fraction of sp³-hybridized carbons (Fsp3) is 0.231. The quantitative estimate of drug-likeness (QED) is 0.488. The van der Waals surface area contributed by atoms with Gasteiger partial charge in [-0.3, -0.25) is 14.4 Å². The van der Waals surface area contributed by atoms with Crippen molar-refractivity contribution in [1.82, 2.24) is 14.8 Å². The van der Waals surface area contributed by atoms with Crippen molar-refractivity contribution in [2.75, 3.05) is 10.6 Å². The molecule has 174 valence electrons. The van der Waals surface area contributed by atoms with Gasteiger partial charge >= 0.3 is 0 Å². The monoisotopic (exact) mass is 468 g/mol. The first-order valence-electron chi connectivity index (χ1n) is 11.3. The predicted octanol–water partition coefficient (Wildman–Crippen LogP) is 3.93. The number of benzene rings is 2. The van der Waals surface area contributed by atoms with Crippen molar-refractivity contribution in [3.05, 3.63) is 81.9 Å². The molecule has 6 rings (SSSR count). The Balaban J connectivity index is 1.49. The van der Waals surface area contributed by atoms with Crippen LogP contribution in [0.3, 0.4) is 0 Å². The van der Waals surface area contributed by atoms with E-state index in [1.54, 1.807) is 41.2 Å². The molecule has 1 aliphatic heterocycles. The highest BCUT2D eigenvalue weighted by molar-refractivity contribution is 6.09. The molecular formula is C26H21FN6O2. The first kappa shape index (κ1) is 21.3. The van der Waals surface area contributed by atoms with E-state index in [0.29, 0.717) is 54.0 Å². The standard InChI is InChI=1S/C26H21FN6O2/c1-32-11-16(10-30-32)33(24-5-3-15-6-14(9-28)2-4-17(15)24)26(34)19-7-18-20-12-35-13-21(20)25(29)31-23(18)8-22(19)27/h2,4,6-8,10-11,24H,3,5,12-13H2,1H3,(H2,29,31). The second-order valence-electron chi connectivity index (χ2n) is 8.92. The highest BCUT2D eigenvalue weighted by atomic mass is 19.1. The van der Waals surface area contributed by atoms with Gasteiger partial charge in [0, 0.05) is 30.3 Å². The number of amides is 1. The summed E-state index contributed by atoms with van der Waals surface area (Å²) >= 11 is 0. The molecule has 1 atom stereocenters. The van der Waals surface area contributed by atoms with Crippen LogP contribution in [0.5, 0.6) is 0 Å². The number of anilines is 2. The molecule has 0 saturated carbocycles. The van der Waals surface area contributed by atoms with Gasteiger partial charge in [-0.05, 0) is 47.7 Å². The Morgan fingerprint density at radius 1 is 1.29 bits per heavy atom. The summed E-state index contributed by atoms with van der Waals surface area (Å²) in [5.41, 5.74) is 11.1. The van der Waals surface area contributed by atoms with Crippen molar-refractivity contribution in [3.63, 3.8) is 0 Å². The maximum Gasteiger partial charge on any atom is 0.261 e. The number of pyridine rings is 1. The third-order valence-electron chi connectivity index (χ3n) is 6.87. The normalized spacial score (nSPS) is 16.2. The predicted molar refractivity (Wildman–Crippen MR) is 127 cm³/mol. The number of rotatable bonds is 3. The summed E-state index contributed by atoms with van der Waals surface area (Å²) in [5.74, 6) is -0.816. The second-order valence-corrected chi connectivity index (χ2v) is 8.92. The lowest BCUT2D eigenvalue weighted by Crippen LogP contribution is -2.34. The fourth-order valence-electron chi connectivity index (χ4n) is 5.19. The Morgan fingerprint density at radius 2 is 2.11 bits per heavy atom. The van der Waals surface area contributed by atoms with E-state index in [9.17, 15) is 10.1 Å². The lowest BCUT2D eigenvalue weighted by Gasteiger charge is -2.29. The molecule has 0 radical (unpaired) electrons. The van der Waals surface area contributed by atoms with Gasteiger partial charge in [0.1, 0.15) is 11.6 Å². The molecular weight excluding hydrogens is 447 g/mol. The van der Waals surface area contributed by atoms with Crippen molar-refractivity contribution in [2.45, 2.75) is 32.1 Å². The average molecular weight is 468 g/mol. The highest BCUT2D eigenvalue weighted by Crippen LogP contribution is 2.40. The number of nitrogen functional groups attached to an aromatic ring is 1. The molecule has 0 fully saturated rings. The van der Waals surface area contributed by atoms with Gasteiger partial charge in [-0.25, -0.2) is 9.37 Å². The molecule has 8 nitrogen and oxygen atoms in total. The topological polar surface area (TPSA) is 110 Å². The van der Waals surface area contributed by atoms with Crippen LogP contribution in [-0.4, -0.2) is 20.7 Å². The largest absolute Gasteiger partial charge is 0.383 e. The number of halogens is 1. The van der Waals surface area contributed by atoms with Gasteiger partial charge in [0.05, 0.1) is 53.9 Å². The van der Waals surface area contributed by atoms with Gasteiger partial charge in [0.2, 0.25) is 0 Å². The number of nitrogens with two attached hydrogens (primary N) is 1. The Bertz CT molecular complexity index is 1570. The zero-order chi connectivity index (χ0) is 24.3. The zero-order valence-corrected chi connectivity index (χ0v) is 19.0. The van der Waals surface area contributed by atoms with Crippen molar-refractivity contribution >= 4 is 28.3 Å². The first-order valence-corrected chi connectivity index (χ1v) is 11.3. The number of nitriles is 1. The lowest BCUT2D eigenvalue weighted by molar-refractivity contribution is 0.0972. The summed E-state index contributed by atoms with van der Waals surface area (Å²) in [4.78, 5) is 20.0. The van der Waals surface area contributed by atoms with Crippen molar-refractivity contribution in [1.29, 1.82) is 5.26 Å². The Labute approximate surface area is 200 Å². The Hall–Kier alpha value is -4.29. The van der Waals surface area contributed by atoms with Gasteiger partial charge < -0.3 is 10.5 Å². The summed E-state index contributed by atoms with van der Waals surface area (Å²) in [7, 11) is 1.77. The third kappa shape index (κ3) is 3.33. The Kier molecular flexibility index (Phi) is 4.79. The summed E-state index contributed by atoms with van der Waals surface area (Å²) < 4.78 is 22.6. The highest BCUT2D eigenvalue weighted by Gasteiger charge is 2.35. The minimum Gasteiger partial charge on any atom is -0.383 e. The van der Waals surface area contributed by atoms with Gasteiger partial charge in [0.15, 0.2) is 0 Å². The van der Waals surface area contributed by atoms with Crippen LogP contribution < -0.4 is 10.6 Å². The number of nitrogens with zero attached hydrogens (tertiary/aromatic N) is 5. The average Bonchev–Trinajstić information content (AvgIpc) is 3.59. The van der Waals surface area contributed by atoms with Crippen LogP contribution in [0.2, 0.25) is 0 Å². The molecule has 4 aromatic rings. The van der Waals surface area contributed by atoms with Crippen LogP contribution in [0.25, 0.3) is 10.9 Å². The first-order chi connectivity index (χ1) is 16.9. The van der Waals surface area contributed by atoms with Crippen LogP contribution in [0.15, 0.2) is 42.7 Å². The van der Waals surface area contributed by atoms with E-state index >= 15 is 4.39 Å². The number of aromatic nitrogens is 3. The number of aryl methyl sites for hydroxylation is 2. The molecule has 2 aromatic heterocycles. The molecule has 2 aromatic carbocycles. The molecule has 2 N–H and O–H groups in total. The summed E-state index contributed by atoms with van der Waals surface area (Å²) in [6, 6.07) is 10.2. The smallest absolute Gasteiger partial charge is 0.261 e. The number of hydrogen-bond donors (Lipinski definition) is 1. The molecule has 3 heterocycles. The SMILES string of the molecule is Cn1cc(N(C(=O)c2cc3c4c(c(N)nc3cc2F)COC4)C2CCc3cc(C#N)ccc32)cn1. The maximum absolute atomic E-state index is 15.4. The minimum atomic E-state index is -0.666. The van der Waals surface area contributed by atoms with Crippen molar-refractivity contribution in [3.8, 4) is 6.07 Å². The second kappa shape index (κ2) is 7.89. The van der Waals surface area contributed by atoms with E-state index in [1.165, 1.54) is 6.07 Å². The van der Waals surface area contributed by atoms with E-state index in [-0.39, 0.29) is 11.6 Å². The summed E-state index contributed by atoms with van der Waals surface area (Å²) in [6.07, 6.45) is 4.72. The molecule has 0 spiro atoms. The minimum absolute atomic E-state index is 0.0517. The zero-order valence-electron chi connectivity index (χ0n) is 19.0. The molecule has 0 bridgehead atoms. The maximum atomic E-state index is 15.4. The molecule has 0 saturated heterocycles. The van der Waals surface area contributed by atoms with Gasteiger partial charge in [-0.1, -0.05) is 6.07 Å². The third-order valence-corrected chi connectivity index (χ3v) is 6.87. The van der Waals surface area contributed by atoms with E-state index < -0.39 is 11.7 Å². The molecule has 9 heteroatoms. The van der Waals surface area contributed by atoms with Crippen LogP contribution in [0.1, 0.15) is 50.6 Å². The van der Waals surface area contributed by atoms with E-state index in [2.05, 4.69) is 16.2 Å². The molecule has 1 amide bonds. The van der Waals surface area contributed by atoms with Gasteiger partial charge in [-0.15, -0.1) is 0 Å². The van der Waals surface area contributed by atoms with Gasteiger partial charge in [0.25, 0.3) is 5.91 Å². The molecule has 35 heavy (non-hydrogen) atoms. The van der Waals surface area contributed by atoms with Gasteiger partial charge in [-0.2, -0.15) is 10.4 Å². The van der Waals surface area contributed by atoms with Crippen LogP contribution in [-0.2, 0) is 31.4 Å². The van der Waals surface area contributed by atoms with Crippen molar-refractivity contribution in [2.24, 2.45) is 7.05 Å². The fourth-order valence-corrected chi connectivity index (χ4v) is 5.19. The van der Waals surface area contributed by atoms with E-state index in [0.717, 1.165) is 22.3 Å². The molecule has 2 aliphatic rings. The molecule has 1 unspecified atom stereocenters. The van der Waals surface area contributed by atoms with E-state index in [1.807, 2.05) is 12.1 Å². The van der Waals surface area contributed by atoms with Crippen LogP contribution >= 0.6 is 0 Å². The van der Waals surface area contributed by atoms with E-state index in [4.69, 9.17) is 10.5 Å². The lowest BCUT2D eigenvalue weighted by atomic mass is 10.00. The Morgan fingerprint density at radius 3 is 2.89 bits per heavy atom. The van der Waals surface area contributed by atoms with Crippen LogP contribution in [0.4, 0.5) is 15.9 Å². The number of hydrogen-bond acceptors (Lipinski definition) is 6. The number of ether oxygens (including phenoxy) is 1. The molecule has 1 aliphatic carbocycles. The summed E-state index contributed by atoms with van der Waals surface area (Å²) in [5, 5.41) is 14.2.